The molecule has 0 aliphatic rings. The highest BCUT2D eigenvalue weighted by Gasteiger charge is 2.28. The summed E-state index contributed by atoms with van der Waals surface area (Å²) in [5, 5.41) is 14.5. The number of nitrogens with zero attached hydrogens (tertiary/aromatic N) is 2. The minimum atomic E-state index is -4.41. The number of rotatable bonds is 5. The molecule has 3 aromatic rings. The van der Waals surface area contributed by atoms with Gasteiger partial charge in [0.15, 0.2) is 11.8 Å². The molecule has 28 heavy (non-hydrogen) atoms. The molecule has 1 aromatic heterocycles. The van der Waals surface area contributed by atoms with E-state index in [2.05, 4.69) is 15.1 Å². The van der Waals surface area contributed by atoms with Gasteiger partial charge in [0.25, 0.3) is 0 Å². The van der Waals surface area contributed by atoms with Crippen LogP contribution in [0.2, 0.25) is 0 Å². The Labute approximate surface area is 161 Å². The smallest absolute Gasteiger partial charge is 0.240 e. The third kappa shape index (κ3) is 3.41. The molecule has 0 fully saturated rings. The number of hydrazine groups is 1. The molecule has 148 valence electrons. The largest absolute Gasteiger partial charge is 0.382 e. The fourth-order valence-corrected chi connectivity index (χ4v) is 4.81. The number of nitrogens with two attached hydrogens (primary N) is 5. The lowest BCUT2D eigenvalue weighted by molar-refractivity contribution is 0.594. The Hall–Kier alpha value is -3.04. The van der Waals surface area contributed by atoms with E-state index < -0.39 is 25.9 Å². The fourth-order valence-electron chi connectivity index (χ4n) is 2.88. The molecule has 12 N–H and O–H groups in total. The average molecular weight is 423 g/mol. The highest BCUT2D eigenvalue weighted by molar-refractivity contribution is 7.90. The van der Waals surface area contributed by atoms with Gasteiger partial charge in [-0.1, -0.05) is 18.2 Å². The van der Waals surface area contributed by atoms with Gasteiger partial charge in [0.2, 0.25) is 10.0 Å². The molecule has 0 aliphatic carbocycles. The number of hydrogen-bond donors (Lipinski definition) is 7. The van der Waals surface area contributed by atoms with Crippen LogP contribution in [0.15, 0.2) is 45.2 Å². The van der Waals surface area contributed by atoms with E-state index in [1.807, 2.05) is 5.53 Å². The molecule has 0 aliphatic heterocycles. The molecule has 0 amide bonds. The number of primary sulfonamides is 1. The quantitative estimate of drug-likeness (QED) is 0.110. The molecule has 2 aromatic carbocycles. The number of imidazole rings is 1. The standard InChI is InChI=1S/C14H17N9O3S2/c15-13(22-23-17)10-6(4-5-9(27(18)24)12(10)28(19,25)26)7-2-1-3-8-11(7)21-14(16)20-8/h1-5,23H,17-18H2,(H2,15,22)(H3,16,20,21)(H2,19,25,26). The van der Waals surface area contributed by atoms with Gasteiger partial charge in [-0.05, 0) is 17.7 Å². The Kier molecular flexibility index (Phi) is 5.05. The van der Waals surface area contributed by atoms with Crippen molar-refractivity contribution in [2.75, 3.05) is 5.73 Å². The number of amidine groups is 1. The minimum absolute atomic E-state index is 0.120. The first-order chi connectivity index (χ1) is 13.1. The molecule has 0 saturated heterocycles. The van der Waals surface area contributed by atoms with Crippen LogP contribution in [-0.4, -0.2) is 28.4 Å². The van der Waals surface area contributed by atoms with E-state index in [1.54, 1.807) is 18.2 Å². The third-order valence-electron chi connectivity index (χ3n) is 3.89. The number of benzene rings is 2. The van der Waals surface area contributed by atoms with Crippen LogP contribution in [0.4, 0.5) is 5.95 Å². The van der Waals surface area contributed by atoms with Gasteiger partial charge in [-0.25, -0.2) is 39.3 Å². The number of hydrazone groups is 1. The van der Waals surface area contributed by atoms with Crippen LogP contribution in [0.5, 0.6) is 0 Å². The first-order valence-electron chi connectivity index (χ1n) is 7.54. The van der Waals surface area contributed by atoms with Crippen molar-refractivity contribution in [3.8, 4) is 11.1 Å². The average Bonchev–Trinajstić information content (AvgIpc) is 2.99. The van der Waals surface area contributed by atoms with Crippen molar-refractivity contribution in [1.29, 1.82) is 0 Å². The van der Waals surface area contributed by atoms with Crippen LogP contribution in [0.1, 0.15) is 5.56 Å². The summed E-state index contributed by atoms with van der Waals surface area (Å²) in [6, 6.07) is 7.90. The first kappa shape index (κ1) is 19.7. The number of H-pyrrole nitrogens is 1. The van der Waals surface area contributed by atoms with Crippen molar-refractivity contribution in [2.45, 2.75) is 9.79 Å². The number of hydrogen-bond acceptors (Lipinski definition) is 8. The van der Waals surface area contributed by atoms with Crippen LogP contribution in [0.3, 0.4) is 0 Å². The van der Waals surface area contributed by atoms with Gasteiger partial charge in [-0.2, -0.15) is 0 Å². The molecule has 0 radical (unpaired) electrons. The maximum absolute atomic E-state index is 12.3. The molecule has 1 heterocycles. The van der Waals surface area contributed by atoms with Crippen molar-refractivity contribution >= 4 is 43.8 Å². The van der Waals surface area contributed by atoms with Gasteiger partial charge in [0.1, 0.15) is 15.9 Å². The summed E-state index contributed by atoms with van der Waals surface area (Å²) < 4.78 is 36.6. The van der Waals surface area contributed by atoms with Crippen molar-refractivity contribution in [1.82, 2.24) is 15.5 Å². The summed E-state index contributed by atoms with van der Waals surface area (Å²) in [6.07, 6.45) is 0. The highest BCUT2D eigenvalue weighted by Crippen LogP contribution is 2.35. The van der Waals surface area contributed by atoms with Crippen molar-refractivity contribution in [2.24, 2.45) is 27.0 Å². The minimum Gasteiger partial charge on any atom is -0.382 e. The van der Waals surface area contributed by atoms with Crippen molar-refractivity contribution in [3.05, 3.63) is 35.9 Å². The molecule has 0 bridgehead atoms. The Bertz CT molecular complexity index is 1230. The molecule has 3 rings (SSSR count). The van der Waals surface area contributed by atoms with E-state index in [0.717, 1.165) is 0 Å². The predicted molar refractivity (Wildman–Crippen MR) is 106 cm³/mol. The van der Waals surface area contributed by atoms with Gasteiger partial charge in [-0.15, -0.1) is 5.10 Å². The Morgan fingerprint density at radius 3 is 2.54 bits per heavy atom. The van der Waals surface area contributed by atoms with Crippen LogP contribution >= 0.6 is 0 Å². The van der Waals surface area contributed by atoms with Crippen LogP contribution in [0.25, 0.3) is 22.2 Å². The Balaban J connectivity index is 2.52. The zero-order chi connectivity index (χ0) is 20.6. The summed E-state index contributed by atoms with van der Waals surface area (Å²) in [6.45, 7) is 0. The second-order valence-corrected chi connectivity index (χ2v) is 8.14. The van der Waals surface area contributed by atoms with Crippen molar-refractivity contribution < 1.29 is 12.6 Å². The van der Waals surface area contributed by atoms with Gasteiger partial charge >= 0.3 is 0 Å². The number of fused-ring (bicyclic) bond motifs is 1. The number of anilines is 1. The molecule has 14 heteroatoms. The number of para-hydroxylation sites is 1. The summed E-state index contributed by atoms with van der Waals surface area (Å²) in [5.41, 5.74) is 15.4. The SMILES string of the molecule is NN/N=C(\N)c1c(-c2cccc3[nH]c(N)nc23)ccc(S(N)=O)c1S(N)(=O)=O. The van der Waals surface area contributed by atoms with Gasteiger partial charge in [0.05, 0.1) is 15.9 Å². The number of nitrogen functional groups attached to an aromatic ring is 1. The van der Waals surface area contributed by atoms with Gasteiger partial charge < -0.3 is 16.5 Å². The van der Waals surface area contributed by atoms with Crippen molar-refractivity contribution in [3.63, 3.8) is 0 Å². The van der Waals surface area contributed by atoms with Crippen LogP contribution in [-0.2, 0) is 21.0 Å². The Morgan fingerprint density at radius 1 is 1.21 bits per heavy atom. The second kappa shape index (κ2) is 7.17. The molecular formula is C14H17N9O3S2. The summed E-state index contributed by atoms with van der Waals surface area (Å²) >= 11 is 0. The van der Waals surface area contributed by atoms with E-state index in [-0.39, 0.29) is 22.2 Å². The topological polar surface area (TPSA) is 234 Å². The van der Waals surface area contributed by atoms with E-state index in [0.29, 0.717) is 22.2 Å². The molecular weight excluding hydrogens is 406 g/mol. The lowest BCUT2D eigenvalue weighted by atomic mass is 9.97. The molecule has 1 unspecified atom stereocenters. The van der Waals surface area contributed by atoms with Crippen LogP contribution in [0, 0.1) is 0 Å². The highest BCUT2D eigenvalue weighted by atomic mass is 32.2. The summed E-state index contributed by atoms with van der Waals surface area (Å²) in [7, 11) is -6.58. The zero-order valence-electron chi connectivity index (χ0n) is 14.2. The van der Waals surface area contributed by atoms with E-state index >= 15 is 0 Å². The molecule has 12 nitrogen and oxygen atoms in total. The summed E-state index contributed by atoms with van der Waals surface area (Å²) in [5.74, 6) is 5.05. The monoisotopic (exact) mass is 423 g/mol. The Morgan fingerprint density at radius 2 is 1.93 bits per heavy atom. The normalized spacial score (nSPS) is 13.6. The number of sulfonamides is 1. The first-order valence-corrected chi connectivity index (χ1v) is 10.3. The number of aromatic amines is 1. The van der Waals surface area contributed by atoms with E-state index in [1.165, 1.54) is 12.1 Å². The van der Waals surface area contributed by atoms with Gasteiger partial charge in [0, 0.05) is 11.1 Å². The molecule has 0 spiro atoms. The van der Waals surface area contributed by atoms with Crippen LogP contribution < -0.4 is 33.1 Å². The maximum atomic E-state index is 12.3. The second-order valence-electron chi connectivity index (χ2n) is 5.61. The third-order valence-corrected chi connectivity index (χ3v) is 5.78. The fraction of sp³-hybridized carbons (Fsp3) is 0. The molecule has 1 atom stereocenters. The van der Waals surface area contributed by atoms with Gasteiger partial charge in [-0.3, -0.25) is 0 Å². The lowest BCUT2D eigenvalue weighted by Gasteiger charge is -2.16. The number of aromatic nitrogens is 2. The number of nitrogens with one attached hydrogen (secondary N) is 2. The molecule has 0 saturated carbocycles. The van der Waals surface area contributed by atoms with E-state index in [9.17, 15) is 12.6 Å². The van der Waals surface area contributed by atoms with E-state index in [4.69, 9.17) is 27.6 Å². The lowest BCUT2D eigenvalue weighted by Crippen LogP contribution is -2.28. The zero-order valence-corrected chi connectivity index (χ0v) is 15.8. The maximum Gasteiger partial charge on any atom is 0.240 e. The summed E-state index contributed by atoms with van der Waals surface area (Å²) in [4.78, 5) is 6.34. The predicted octanol–water partition coefficient (Wildman–Crippen LogP) is -1.48.